The minimum absolute atomic E-state index is 0.0474. The Morgan fingerprint density at radius 3 is 1.87 bits per heavy atom. The second kappa shape index (κ2) is 16.4. The fourth-order valence-electron chi connectivity index (χ4n) is 9.90. The Labute approximate surface area is 396 Å². The summed E-state index contributed by atoms with van der Waals surface area (Å²) >= 11 is 0. The number of benzene rings is 9. The van der Waals surface area contributed by atoms with E-state index in [9.17, 15) is 0 Å². The SMILES string of the molecule is Cc1ccccc1-c1cc(-c2ccc(-c3ccccc3)cc2Nc2ccc(C(C)(C)C)cc2)c2c(c1)N(c1ccc(C(C)(C)C)cc1-c1ccccc1)c1c(ccc3oc4ccccc4c13)[B]2. The quantitative estimate of drug-likeness (QED) is 0.162. The summed E-state index contributed by atoms with van der Waals surface area (Å²) in [6.07, 6.45) is 0. The molecule has 67 heavy (non-hydrogen) atoms. The van der Waals surface area contributed by atoms with Crippen LogP contribution in [0.15, 0.2) is 199 Å². The highest BCUT2D eigenvalue weighted by Crippen LogP contribution is 2.49. The van der Waals surface area contributed by atoms with Crippen LogP contribution in [0.3, 0.4) is 0 Å². The van der Waals surface area contributed by atoms with Gasteiger partial charge in [0.05, 0.1) is 16.8 Å². The summed E-state index contributed by atoms with van der Waals surface area (Å²) in [6, 6.07) is 71.0. The largest absolute Gasteiger partial charge is 0.456 e. The zero-order valence-corrected chi connectivity index (χ0v) is 39.4. The highest BCUT2D eigenvalue weighted by atomic mass is 16.3. The third-order valence-corrected chi connectivity index (χ3v) is 13.6. The van der Waals surface area contributed by atoms with Crippen molar-refractivity contribution in [1.82, 2.24) is 0 Å². The summed E-state index contributed by atoms with van der Waals surface area (Å²) in [7, 11) is 2.41. The molecule has 0 aliphatic carbocycles. The number of para-hydroxylation sites is 1. The minimum atomic E-state index is -0.0604. The molecule has 0 saturated heterocycles. The van der Waals surface area contributed by atoms with Crippen LogP contribution < -0.4 is 21.1 Å². The molecule has 9 aromatic carbocycles. The van der Waals surface area contributed by atoms with E-state index in [0.29, 0.717) is 0 Å². The van der Waals surface area contributed by atoms with E-state index in [2.05, 4.69) is 260 Å². The number of hydrogen-bond donors (Lipinski definition) is 1. The second-order valence-corrected chi connectivity index (χ2v) is 20.2. The molecule has 1 aliphatic heterocycles. The smallest absolute Gasteiger partial charge is 0.197 e. The Bertz CT molecular complexity index is 3480. The predicted molar refractivity (Wildman–Crippen MR) is 287 cm³/mol. The van der Waals surface area contributed by atoms with Crippen molar-refractivity contribution in [2.45, 2.75) is 59.3 Å². The van der Waals surface area contributed by atoms with Gasteiger partial charge in [0.15, 0.2) is 7.28 Å². The van der Waals surface area contributed by atoms with Crippen LogP contribution in [-0.2, 0) is 10.8 Å². The van der Waals surface area contributed by atoms with Gasteiger partial charge in [0, 0.05) is 33.6 Å². The van der Waals surface area contributed by atoms with E-state index in [1.165, 1.54) is 38.9 Å². The van der Waals surface area contributed by atoms with Gasteiger partial charge in [0.1, 0.15) is 11.2 Å². The van der Waals surface area contributed by atoms with Crippen LogP contribution in [0.1, 0.15) is 58.2 Å². The molecular formula is C63H54BN2O. The maximum Gasteiger partial charge on any atom is 0.197 e. The average Bonchev–Trinajstić information content (AvgIpc) is 3.72. The number of furan rings is 1. The van der Waals surface area contributed by atoms with Crippen molar-refractivity contribution in [1.29, 1.82) is 0 Å². The molecule has 1 N–H and O–H groups in total. The molecule has 0 amide bonds. The second-order valence-electron chi connectivity index (χ2n) is 20.2. The van der Waals surface area contributed by atoms with Crippen LogP contribution in [-0.4, -0.2) is 7.28 Å². The summed E-state index contributed by atoms with van der Waals surface area (Å²) in [4.78, 5) is 2.55. The predicted octanol–water partition coefficient (Wildman–Crippen LogP) is 16.3. The number of rotatable bonds is 7. The number of nitrogens with one attached hydrogen (secondary N) is 1. The molecule has 4 heteroatoms. The Balaban J connectivity index is 1.23. The van der Waals surface area contributed by atoms with E-state index in [4.69, 9.17) is 4.42 Å². The molecule has 0 saturated carbocycles. The lowest BCUT2D eigenvalue weighted by Gasteiger charge is -2.37. The van der Waals surface area contributed by atoms with Crippen LogP contribution in [0.5, 0.6) is 0 Å². The van der Waals surface area contributed by atoms with E-state index in [1.807, 2.05) is 0 Å². The van der Waals surface area contributed by atoms with Gasteiger partial charge in [0.2, 0.25) is 0 Å². The van der Waals surface area contributed by atoms with Crippen LogP contribution in [0, 0.1) is 6.92 Å². The first-order valence-electron chi connectivity index (χ1n) is 23.5. The van der Waals surface area contributed by atoms with Crippen molar-refractivity contribution in [2.75, 3.05) is 10.2 Å². The lowest BCUT2D eigenvalue weighted by Crippen LogP contribution is -2.41. The molecule has 1 aromatic heterocycles. The van der Waals surface area contributed by atoms with Gasteiger partial charge in [0.25, 0.3) is 0 Å². The Kier molecular flexibility index (Phi) is 10.3. The third-order valence-electron chi connectivity index (χ3n) is 13.6. The van der Waals surface area contributed by atoms with Gasteiger partial charge < -0.3 is 14.6 Å². The highest BCUT2D eigenvalue weighted by molar-refractivity contribution is 6.74. The van der Waals surface area contributed by atoms with Crippen molar-refractivity contribution >= 4 is 68.6 Å². The minimum Gasteiger partial charge on any atom is -0.456 e. The van der Waals surface area contributed by atoms with Gasteiger partial charge in [-0.1, -0.05) is 187 Å². The maximum atomic E-state index is 6.67. The number of fused-ring (bicyclic) bond motifs is 6. The zero-order valence-electron chi connectivity index (χ0n) is 39.4. The van der Waals surface area contributed by atoms with E-state index >= 15 is 0 Å². The lowest BCUT2D eigenvalue weighted by atomic mass is 9.57. The first-order chi connectivity index (χ1) is 32.4. The molecule has 0 unspecified atom stereocenters. The molecule has 0 atom stereocenters. The number of nitrogens with zero attached hydrogens (tertiary/aromatic N) is 1. The van der Waals surface area contributed by atoms with Gasteiger partial charge in [-0.15, -0.1) is 0 Å². The molecule has 325 valence electrons. The molecule has 11 rings (SSSR count). The number of hydrogen-bond acceptors (Lipinski definition) is 3. The van der Waals surface area contributed by atoms with Gasteiger partial charge in [-0.3, -0.25) is 0 Å². The third kappa shape index (κ3) is 7.71. The van der Waals surface area contributed by atoms with Crippen LogP contribution in [0.2, 0.25) is 0 Å². The summed E-state index contributed by atoms with van der Waals surface area (Å²) < 4.78 is 6.67. The van der Waals surface area contributed by atoms with Crippen molar-refractivity contribution in [2.24, 2.45) is 0 Å². The monoisotopic (exact) mass is 865 g/mol. The fraction of sp³-hybridized carbons (Fsp3) is 0.143. The lowest BCUT2D eigenvalue weighted by molar-refractivity contribution is 0.590. The zero-order chi connectivity index (χ0) is 46.0. The molecule has 1 radical (unpaired) electrons. The van der Waals surface area contributed by atoms with Gasteiger partial charge >= 0.3 is 0 Å². The van der Waals surface area contributed by atoms with E-state index in [-0.39, 0.29) is 10.8 Å². The Morgan fingerprint density at radius 1 is 0.463 bits per heavy atom. The summed E-state index contributed by atoms with van der Waals surface area (Å²) in [6.45, 7) is 15.9. The molecule has 0 spiro atoms. The van der Waals surface area contributed by atoms with Crippen molar-refractivity contribution < 1.29 is 4.42 Å². The first kappa shape index (κ1) is 42.1. The average molecular weight is 866 g/mol. The number of aryl methyl sites for hydroxylation is 1. The van der Waals surface area contributed by atoms with Gasteiger partial charge in [-0.05, 0) is 128 Å². The fourth-order valence-corrected chi connectivity index (χ4v) is 9.90. The summed E-state index contributed by atoms with van der Waals surface area (Å²) in [5.74, 6) is 0. The molecule has 1 aliphatic rings. The molecular weight excluding hydrogens is 812 g/mol. The van der Waals surface area contributed by atoms with E-state index < -0.39 is 0 Å². The topological polar surface area (TPSA) is 28.4 Å². The Hall–Kier alpha value is -7.56. The number of anilines is 5. The first-order valence-corrected chi connectivity index (χ1v) is 23.5. The van der Waals surface area contributed by atoms with Crippen molar-refractivity contribution in [3.8, 4) is 44.5 Å². The van der Waals surface area contributed by atoms with Crippen LogP contribution in [0.4, 0.5) is 28.4 Å². The molecule has 0 bridgehead atoms. The normalized spacial score (nSPS) is 12.5. The summed E-state index contributed by atoms with van der Waals surface area (Å²) in [5, 5.41) is 6.15. The molecule has 2 heterocycles. The van der Waals surface area contributed by atoms with Crippen LogP contribution >= 0.6 is 0 Å². The van der Waals surface area contributed by atoms with E-state index in [1.54, 1.807) is 0 Å². The van der Waals surface area contributed by atoms with E-state index in [0.717, 1.165) is 83.6 Å². The van der Waals surface area contributed by atoms with Gasteiger partial charge in [-0.2, -0.15) is 0 Å². The molecule has 3 nitrogen and oxygen atoms in total. The maximum absolute atomic E-state index is 6.67. The molecule has 0 fully saturated rings. The molecule has 10 aromatic rings. The Morgan fingerprint density at radius 2 is 1.13 bits per heavy atom. The van der Waals surface area contributed by atoms with Crippen molar-refractivity contribution in [3.05, 3.63) is 211 Å². The van der Waals surface area contributed by atoms with Crippen molar-refractivity contribution in [3.63, 3.8) is 0 Å². The highest BCUT2D eigenvalue weighted by Gasteiger charge is 2.34. The van der Waals surface area contributed by atoms with Crippen LogP contribution in [0.25, 0.3) is 66.4 Å². The summed E-state index contributed by atoms with van der Waals surface area (Å²) in [5.41, 5.74) is 22.5. The standard InChI is InChI=1S/C63H54BN2O/c1-40-18-14-15-23-48(40)44-36-52(49-32-26-43(41-19-10-8-11-20-41)37-54(49)65-47-30-27-45(28-31-47)62(2,3)4)60-56(38-44)66(55-34-29-46(63(5,6)7)39-51(55)42-21-12-9-13-22-42)61-53(64-60)33-35-58-59(61)50-24-16-17-25-57(50)67-58/h8-39,65H,1-7H3. The van der Waals surface area contributed by atoms with Gasteiger partial charge in [-0.25, -0.2) is 0 Å².